The summed E-state index contributed by atoms with van der Waals surface area (Å²) < 4.78 is 45.5. The molecule has 0 spiro atoms. The van der Waals surface area contributed by atoms with Crippen LogP contribution in [0.1, 0.15) is 12.5 Å². The van der Waals surface area contributed by atoms with E-state index in [1.165, 1.54) is 30.3 Å². The largest absolute Gasteiger partial charge is 0.491 e. The van der Waals surface area contributed by atoms with Crippen molar-refractivity contribution >= 4 is 5.69 Å². The third kappa shape index (κ3) is 3.23. The fourth-order valence-electron chi connectivity index (χ4n) is 1.78. The van der Waals surface area contributed by atoms with Crippen LogP contribution in [0, 0.1) is 17.5 Å². The zero-order valence-electron chi connectivity index (χ0n) is 10.9. The highest BCUT2D eigenvalue weighted by Crippen LogP contribution is 2.22. The predicted octanol–water partition coefficient (Wildman–Crippen LogP) is 4.11. The van der Waals surface area contributed by atoms with Crippen LogP contribution in [-0.2, 0) is 6.54 Å². The molecule has 0 aliphatic carbocycles. The SMILES string of the molecule is CCOc1ccc(NCc2c(F)cccc2F)cc1F. The van der Waals surface area contributed by atoms with Crippen LogP contribution >= 0.6 is 0 Å². The number of hydrogen-bond donors (Lipinski definition) is 1. The Morgan fingerprint density at radius 2 is 1.70 bits per heavy atom. The Morgan fingerprint density at radius 1 is 1.00 bits per heavy atom. The molecule has 2 aromatic rings. The summed E-state index contributed by atoms with van der Waals surface area (Å²) in [5, 5.41) is 2.78. The summed E-state index contributed by atoms with van der Waals surface area (Å²) in [6.45, 7) is 2.06. The molecular weight excluding hydrogens is 267 g/mol. The lowest BCUT2D eigenvalue weighted by molar-refractivity contribution is 0.321. The van der Waals surface area contributed by atoms with Crippen molar-refractivity contribution in [2.24, 2.45) is 0 Å². The Morgan fingerprint density at radius 3 is 2.30 bits per heavy atom. The molecule has 0 unspecified atom stereocenters. The first kappa shape index (κ1) is 14.2. The molecule has 0 aliphatic heterocycles. The van der Waals surface area contributed by atoms with E-state index in [1.807, 2.05) is 0 Å². The maximum Gasteiger partial charge on any atom is 0.167 e. The van der Waals surface area contributed by atoms with Gasteiger partial charge in [0, 0.05) is 23.9 Å². The molecule has 2 rings (SSSR count). The summed E-state index contributed by atoms with van der Waals surface area (Å²) in [6.07, 6.45) is 0. The number of ether oxygens (including phenoxy) is 1. The Kier molecular flexibility index (Phi) is 4.50. The minimum absolute atomic E-state index is 0.0636. The van der Waals surface area contributed by atoms with Crippen LogP contribution in [0.15, 0.2) is 36.4 Å². The smallest absolute Gasteiger partial charge is 0.167 e. The molecule has 0 aromatic heterocycles. The molecule has 0 aliphatic rings. The first-order chi connectivity index (χ1) is 9.61. The summed E-state index contributed by atoms with van der Waals surface area (Å²) in [4.78, 5) is 0. The van der Waals surface area contributed by atoms with Crippen molar-refractivity contribution in [2.45, 2.75) is 13.5 Å². The fourth-order valence-corrected chi connectivity index (χ4v) is 1.78. The van der Waals surface area contributed by atoms with Gasteiger partial charge >= 0.3 is 0 Å². The van der Waals surface area contributed by atoms with Gasteiger partial charge in [0.2, 0.25) is 0 Å². The molecule has 0 amide bonds. The molecular formula is C15H14F3NO. The van der Waals surface area contributed by atoms with Crippen molar-refractivity contribution in [3.05, 3.63) is 59.4 Å². The zero-order valence-corrected chi connectivity index (χ0v) is 10.9. The highest BCUT2D eigenvalue weighted by Gasteiger charge is 2.09. The molecule has 0 bridgehead atoms. The van der Waals surface area contributed by atoms with Gasteiger partial charge in [-0.1, -0.05) is 6.07 Å². The van der Waals surface area contributed by atoms with Crippen molar-refractivity contribution in [2.75, 3.05) is 11.9 Å². The van der Waals surface area contributed by atoms with Crippen LogP contribution in [0.25, 0.3) is 0 Å². The second-order valence-electron chi connectivity index (χ2n) is 4.13. The van der Waals surface area contributed by atoms with Crippen molar-refractivity contribution in [3.63, 3.8) is 0 Å². The van der Waals surface area contributed by atoms with E-state index in [9.17, 15) is 13.2 Å². The number of anilines is 1. The normalized spacial score (nSPS) is 10.4. The summed E-state index contributed by atoms with van der Waals surface area (Å²) in [5.41, 5.74) is 0.343. The van der Waals surface area contributed by atoms with Crippen LogP contribution in [-0.4, -0.2) is 6.61 Å². The minimum atomic E-state index is -0.635. The lowest BCUT2D eigenvalue weighted by Crippen LogP contribution is -2.05. The topological polar surface area (TPSA) is 21.3 Å². The van der Waals surface area contributed by atoms with Crippen molar-refractivity contribution in [3.8, 4) is 5.75 Å². The summed E-state index contributed by atoms with van der Waals surface area (Å²) in [7, 11) is 0. The number of rotatable bonds is 5. The molecule has 0 heterocycles. The second kappa shape index (κ2) is 6.32. The number of hydrogen-bond acceptors (Lipinski definition) is 2. The van der Waals surface area contributed by atoms with E-state index in [0.29, 0.717) is 12.3 Å². The van der Waals surface area contributed by atoms with Gasteiger partial charge in [-0.15, -0.1) is 0 Å². The molecule has 0 saturated heterocycles. The molecule has 106 valence electrons. The van der Waals surface area contributed by atoms with Gasteiger partial charge in [0.25, 0.3) is 0 Å². The fraction of sp³-hybridized carbons (Fsp3) is 0.200. The highest BCUT2D eigenvalue weighted by molar-refractivity contribution is 5.47. The maximum atomic E-state index is 13.6. The first-order valence-corrected chi connectivity index (χ1v) is 6.21. The molecule has 0 fully saturated rings. The molecule has 1 N–H and O–H groups in total. The Balaban J connectivity index is 2.09. The third-order valence-corrected chi connectivity index (χ3v) is 2.76. The van der Waals surface area contributed by atoms with Crippen LogP contribution in [0.2, 0.25) is 0 Å². The van der Waals surface area contributed by atoms with Gasteiger partial charge < -0.3 is 10.1 Å². The monoisotopic (exact) mass is 281 g/mol. The first-order valence-electron chi connectivity index (χ1n) is 6.21. The Hall–Kier alpha value is -2.17. The van der Waals surface area contributed by atoms with E-state index < -0.39 is 17.5 Å². The van der Waals surface area contributed by atoms with Crippen molar-refractivity contribution in [1.82, 2.24) is 0 Å². The average molecular weight is 281 g/mol. The van der Waals surface area contributed by atoms with Gasteiger partial charge in [0.05, 0.1) is 6.61 Å². The van der Waals surface area contributed by atoms with Gasteiger partial charge in [0.1, 0.15) is 11.6 Å². The second-order valence-corrected chi connectivity index (χ2v) is 4.13. The van der Waals surface area contributed by atoms with E-state index in [4.69, 9.17) is 4.74 Å². The van der Waals surface area contributed by atoms with Gasteiger partial charge in [0.15, 0.2) is 11.6 Å². The van der Waals surface area contributed by atoms with Gasteiger partial charge in [-0.05, 0) is 31.2 Å². The predicted molar refractivity (Wildman–Crippen MR) is 71.3 cm³/mol. The van der Waals surface area contributed by atoms with E-state index in [2.05, 4.69) is 5.32 Å². The van der Waals surface area contributed by atoms with Gasteiger partial charge in [-0.2, -0.15) is 0 Å². The molecule has 0 atom stereocenters. The maximum absolute atomic E-state index is 13.6. The Labute approximate surface area is 115 Å². The highest BCUT2D eigenvalue weighted by atomic mass is 19.1. The number of benzene rings is 2. The lowest BCUT2D eigenvalue weighted by atomic mass is 10.2. The molecule has 5 heteroatoms. The van der Waals surface area contributed by atoms with E-state index in [-0.39, 0.29) is 17.9 Å². The number of nitrogens with one attached hydrogen (secondary N) is 1. The molecule has 0 saturated carbocycles. The van der Waals surface area contributed by atoms with Crippen LogP contribution in [0.4, 0.5) is 18.9 Å². The van der Waals surface area contributed by atoms with Crippen LogP contribution < -0.4 is 10.1 Å². The van der Waals surface area contributed by atoms with Crippen LogP contribution in [0.3, 0.4) is 0 Å². The zero-order chi connectivity index (χ0) is 14.5. The van der Waals surface area contributed by atoms with Gasteiger partial charge in [-0.25, -0.2) is 13.2 Å². The minimum Gasteiger partial charge on any atom is -0.491 e. The van der Waals surface area contributed by atoms with E-state index in [0.717, 1.165) is 0 Å². The summed E-state index contributed by atoms with van der Waals surface area (Å²) >= 11 is 0. The average Bonchev–Trinajstić information content (AvgIpc) is 2.41. The van der Waals surface area contributed by atoms with Crippen LogP contribution in [0.5, 0.6) is 5.75 Å². The van der Waals surface area contributed by atoms with E-state index in [1.54, 1.807) is 13.0 Å². The van der Waals surface area contributed by atoms with Crippen molar-refractivity contribution < 1.29 is 17.9 Å². The summed E-state index contributed by atoms with van der Waals surface area (Å²) in [5.74, 6) is -1.64. The molecule has 20 heavy (non-hydrogen) atoms. The van der Waals surface area contributed by atoms with Gasteiger partial charge in [-0.3, -0.25) is 0 Å². The molecule has 2 aromatic carbocycles. The third-order valence-electron chi connectivity index (χ3n) is 2.76. The van der Waals surface area contributed by atoms with Crippen molar-refractivity contribution in [1.29, 1.82) is 0 Å². The summed E-state index contributed by atoms with van der Waals surface area (Å²) in [6, 6.07) is 7.94. The molecule has 0 radical (unpaired) electrons. The standard InChI is InChI=1S/C15H14F3NO/c1-2-20-15-7-6-10(8-14(15)18)19-9-11-12(16)4-3-5-13(11)17/h3-8,19H,2,9H2,1H3. The Bertz CT molecular complexity index is 581. The lowest BCUT2D eigenvalue weighted by Gasteiger charge is -2.10. The quantitative estimate of drug-likeness (QED) is 0.890. The number of halogens is 3. The van der Waals surface area contributed by atoms with E-state index >= 15 is 0 Å². The molecule has 2 nitrogen and oxygen atoms in total.